The van der Waals surface area contributed by atoms with Gasteiger partial charge in [-0.3, -0.25) is 50.1 Å². The Balaban J connectivity index is 0.000000643. The molecular weight excluding hydrogens is 1720 g/mol. The van der Waals surface area contributed by atoms with Gasteiger partial charge in [-0.15, -0.1) is 75.9 Å². The summed E-state index contributed by atoms with van der Waals surface area (Å²) in [7, 11) is 0. The normalized spacial score (nSPS) is 8.00. The number of thiazole rings is 3. The number of imidazole rings is 2. The minimum Gasteiger partial charge on any atom is -0.368 e. The second-order valence-electron chi connectivity index (χ2n) is 17.6. The molecule has 0 saturated heterocycles. The summed E-state index contributed by atoms with van der Waals surface area (Å²) in [6.45, 7) is 0. The van der Waals surface area contributed by atoms with Crippen molar-refractivity contribution in [3.8, 4) is 0 Å². The lowest BCUT2D eigenvalue weighted by Gasteiger charge is -1.70. The number of nitrogens with zero attached hydrogens (tertiary/aromatic N) is 36. The molecule has 23 aromatic rings. The van der Waals surface area contributed by atoms with Crippen molar-refractivity contribution in [3.63, 3.8) is 0 Å². The number of rotatable bonds is 0. The SMILES string of the molecule is c1c[nH]cn1.c1c[nH]cn1.c1cc[nH]c1.c1ccncc1.c1ccncc1.c1ccncc1.c1ccnnc1.c1ccnnc1.c1cn[nH]c1.c1cn[nH]n1.c1cnccn1.c1cncnc1.c1cncnc1.c1cnsn1.c1cscn1.c1cscn1.c1cscn1.c1csnn1.c1csnn1.c1nc[nH]n1.c1ncsn1.c1nn[nH]n1.c1nncs1. The van der Waals surface area contributed by atoms with Gasteiger partial charge in [0.25, 0.3) is 0 Å². The predicted octanol–water partition coefficient (Wildman–Crippen LogP) is 12.8. The van der Waals surface area contributed by atoms with Gasteiger partial charge in [0.15, 0.2) is 6.33 Å². The van der Waals surface area contributed by atoms with Crippen LogP contribution in [-0.2, 0) is 0 Å². The summed E-state index contributed by atoms with van der Waals surface area (Å²) in [6.07, 6.45) is 71.6. The van der Waals surface area contributed by atoms with Crippen LogP contribution in [0.15, 0.2) is 437 Å². The Morgan fingerprint density at radius 3 is 0.772 bits per heavy atom. The molecule has 23 heterocycles. The topological polar surface area (TPSA) is 575 Å². The zero-order chi connectivity index (χ0) is 87.0. The van der Waals surface area contributed by atoms with Gasteiger partial charge in [-0.1, -0.05) is 32.4 Å². The average Bonchev–Trinajstić information content (AvgIpc) is 2.30. The molecule has 0 aliphatic rings. The Hall–Kier alpha value is -16.2. The van der Waals surface area contributed by atoms with Gasteiger partial charge in [0, 0.05) is 207 Å². The Kier molecular flexibility index (Phi) is 86.8. The van der Waals surface area contributed by atoms with E-state index in [1.54, 1.807) is 296 Å². The number of hydrogen-bond acceptors (Lipinski definition) is 44. The van der Waals surface area contributed by atoms with Crippen LogP contribution >= 0.6 is 91.7 Å². The maximum absolute atomic E-state index is 3.78. The standard InChI is InChI=1S/3C5H5N.5C4H4N2.C4H5N.3C3H4N2.3C3H3NS.2C2H3N3.5C2H2N2S.CH2N4/c3*1-2-4-6-5-3-1;1-2-6-4-3-5-1;2*1-2-5-4-6-3-1;2*1-2-4-6-5-3-1;1-2-4-5-3-1;2*1-2-5-3-4-1;1-2-4-5-3-1;3*1-2-5-3-4-1;1-3-2-5-4-1;1-2-4-5-3-1;1-3-4-2-5-1;1-3-2-5-4-1;2*1-2-5-4-3-1;2*1-2-4-5-3-1/h3*1-5H;5*1-4H;1-5H;3*1-3H,(H,4,5);3*1-3H;2*1-2H,(H,3,4,5);5*1-2H;1H,(H,2,3,4,5). The molecule has 0 amide bonds. The highest BCUT2D eigenvalue weighted by Crippen LogP contribution is 1.88. The second kappa shape index (κ2) is 102. The summed E-state index contributed by atoms with van der Waals surface area (Å²) >= 11 is 11.6. The minimum atomic E-state index is 1.21. The zero-order valence-corrected chi connectivity index (χ0v) is 71.0. The quantitative estimate of drug-likeness (QED) is 0.0741. The third kappa shape index (κ3) is 99.9. The van der Waals surface area contributed by atoms with E-state index >= 15 is 0 Å². The molecule has 630 valence electrons. The maximum atomic E-state index is 3.78. The summed E-state index contributed by atoms with van der Waals surface area (Å²) < 4.78 is 18.0. The van der Waals surface area contributed by atoms with Gasteiger partial charge in [-0.2, -0.15) is 64.3 Å². The Labute approximate surface area is 737 Å². The van der Waals surface area contributed by atoms with Crippen molar-refractivity contribution in [1.82, 2.24) is 214 Å². The number of aromatic amines is 7. The van der Waals surface area contributed by atoms with Crippen LogP contribution in [0.2, 0.25) is 0 Å². The van der Waals surface area contributed by atoms with Gasteiger partial charge in [0.2, 0.25) is 0 Å². The van der Waals surface area contributed by atoms with Crippen LogP contribution in [0.3, 0.4) is 0 Å². The molecule has 0 saturated carbocycles. The molecule has 0 aromatic carbocycles. The van der Waals surface area contributed by atoms with Gasteiger partial charge < -0.3 is 15.0 Å². The summed E-state index contributed by atoms with van der Waals surface area (Å²) in [5.74, 6) is 0. The summed E-state index contributed by atoms with van der Waals surface area (Å²) in [6, 6.07) is 33.7. The minimum absolute atomic E-state index is 1.21. The van der Waals surface area contributed by atoms with E-state index in [0.29, 0.717) is 0 Å². The van der Waals surface area contributed by atoms with Gasteiger partial charge in [0.1, 0.15) is 48.2 Å². The van der Waals surface area contributed by atoms with Crippen LogP contribution in [0, 0.1) is 0 Å². The molecule has 0 fully saturated rings. The summed E-state index contributed by atoms with van der Waals surface area (Å²) in [5.41, 5.74) is 10.4. The highest BCUT2D eigenvalue weighted by molar-refractivity contribution is 7.08. The Bertz CT molecular complexity index is 3350. The van der Waals surface area contributed by atoms with Crippen LogP contribution < -0.4 is 0 Å². The predicted molar refractivity (Wildman–Crippen MR) is 472 cm³/mol. The summed E-state index contributed by atoms with van der Waals surface area (Å²) in [5, 5.41) is 71.2. The van der Waals surface area contributed by atoms with Crippen molar-refractivity contribution in [2.75, 3.05) is 0 Å². The molecule has 51 heteroatoms. The maximum Gasteiger partial charge on any atom is 0.161 e. The van der Waals surface area contributed by atoms with Crippen LogP contribution in [0.4, 0.5) is 0 Å². The molecule has 7 N–H and O–H groups in total. The summed E-state index contributed by atoms with van der Waals surface area (Å²) in [4.78, 5) is 67.6. The third-order valence-electron chi connectivity index (χ3n) is 9.20. The first kappa shape index (κ1) is 105. The third-order valence-corrected chi connectivity index (χ3v) is 12.9. The number of H-pyrrole nitrogens is 7. The Morgan fingerprint density at radius 2 is 0.650 bits per heavy atom. The molecule has 0 atom stereocenters. The van der Waals surface area contributed by atoms with Crippen LogP contribution in [0.1, 0.15) is 0 Å². The lowest BCUT2D eigenvalue weighted by atomic mass is 10.5. The van der Waals surface area contributed by atoms with E-state index in [1.807, 2.05) is 136 Å². The number of hydrogen-bond donors (Lipinski definition) is 7. The van der Waals surface area contributed by atoms with E-state index in [9.17, 15) is 0 Å². The molecule has 0 radical (unpaired) electrons. The van der Waals surface area contributed by atoms with E-state index in [2.05, 4.69) is 214 Å². The highest BCUT2D eigenvalue weighted by atomic mass is 32.1. The first-order chi connectivity index (χ1) is 61.5. The van der Waals surface area contributed by atoms with Crippen molar-refractivity contribution >= 4 is 91.7 Å². The lowest BCUT2D eigenvalue weighted by molar-refractivity contribution is 0.881. The molecule has 0 aliphatic heterocycles. The van der Waals surface area contributed by atoms with Gasteiger partial charge in [-0.25, -0.2) is 39.9 Å². The molecular formula is C72H79N43S8. The molecule has 23 aromatic heterocycles. The fraction of sp³-hybridized carbons (Fsp3) is 0. The highest BCUT2D eigenvalue weighted by Gasteiger charge is 1.70. The van der Waals surface area contributed by atoms with E-state index in [1.165, 1.54) is 95.6 Å². The number of pyridine rings is 3. The van der Waals surface area contributed by atoms with E-state index < -0.39 is 0 Å². The van der Waals surface area contributed by atoms with E-state index in [0.717, 1.165) is 0 Å². The fourth-order valence-corrected chi connectivity index (χ4v) is 7.21. The van der Waals surface area contributed by atoms with Gasteiger partial charge in [-0.05, 0) is 126 Å². The molecule has 0 bridgehead atoms. The van der Waals surface area contributed by atoms with Crippen molar-refractivity contribution < 1.29 is 0 Å². The lowest BCUT2D eigenvalue weighted by Crippen LogP contribution is -1.69. The molecule has 43 nitrogen and oxygen atoms in total. The average molecular weight is 1800 g/mol. The van der Waals surface area contributed by atoms with Gasteiger partial charge >= 0.3 is 0 Å². The van der Waals surface area contributed by atoms with Crippen molar-refractivity contribution in [1.29, 1.82) is 0 Å². The van der Waals surface area contributed by atoms with Crippen LogP contribution in [0.25, 0.3) is 0 Å². The second-order valence-corrected chi connectivity index (χ2v) is 23.1. The first-order valence-corrected chi connectivity index (χ1v) is 40.7. The molecule has 123 heavy (non-hydrogen) atoms. The van der Waals surface area contributed by atoms with Gasteiger partial charge in [0.05, 0.1) is 78.1 Å². The van der Waals surface area contributed by atoms with Crippen molar-refractivity contribution in [2.45, 2.75) is 0 Å². The van der Waals surface area contributed by atoms with Crippen LogP contribution in [-0.4, -0.2) is 214 Å². The largest absolute Gasteiger partial charge is 0.368 e. The number of tetrazole rings is 1. The monoisotopic (exact) mass is 1800 g/mol. The first-order valence-electron chi connectivity index (χ1n) is 33.7. The fourth-order valence-electron chi connectivity index (χ4n) is 4.80. The van der Waals surface area contributed by atoms with E-state index in [4.69, 9.17) is 0 Å². The molecule has 0 spiro atoms. The van der Waals surface area contributed by atoms with Crippen molar-refractivity contribution in [2.24, 2.45) is 0 Å². The molecule has 23 rings (SSSR count). The number of nitrogens with one attached hydrogen (secondary N) is 7. The zero-order valence-electron chi connectivity index (χ0n) is 64.4. The van der Waals surface area contributed by atoms with Crippen LogP contribution in [0.5, 0.6) is 0 Å². The van der Waals surface area contributed by atoms with Crippen molar-refractivity contribution in [3.05, 3.63) is 437 Å². The van der Waals surface area contributed by atoms with E-state index in [-0.39, 0.29) is 0 Å². The smallest absolute Gasteiger partial charge is 0.161 e. The molecule has 0 aliphatic carbocycles. The number of aromatic nitrogens is 43. The molecule has 0 unspecified atom stereocenters. The Morgan fingerprint density at radius 1 is 0.187 bits per heavy atom.